The third-order valence-corrected chi connectivity index (χ3v) is 5.83. The van der Waals surface area contributed by atoms with E-state index in [1.54, 1.807) is 0 Å². The summed E-state index contributed by atoms with van der Waals surface area (Å²) in [6, 6.07) is 0.548. The van der Waals surface area contributed by atoms with Crippen LogP contribution in [0.2, 0.25) is 0 Å². The number of ether oxygens (including phenoxy) is 1. The molecule has 2 N–H and O–H groups in total. The van der Waals surface area contributed by atoms with Crippen LogP contribution < -0.4 is 10.6 Å². The lowest BCUT2D eigenvalue weighted by molar-refractivity contribution is 0.0509. The van der Waals surface area contributed by atoms with Gasteiger partial charge in [0.15, 0.2) is 0 Å². The van der Waals surface area contributed by atoms with Crippen LogP contribution in [0.25, 0.3) is 0 Å². The van der Waals surface area contributed by atoms with Crippen molar-refractivity contribution in [2.45, 2.75) is 83.5 Å². The molecule has 152 valence electrons. The van der Waals surface area contributed by atoms with Crippen molar-refractivity contribution < 1.29 is 9.53 Å². The number of likely N-dealkylation sites (tertiary alicyclic amines) is 2. The maximum Gasteiger partial charge on any atom is 0.407 e. The Bertz CT molecular complexity index is 445. The molecular weight excluding hydrogens is 328 g/mol. The van der Waals surface area contributed by atoms with Crippen molar-refractivity contribution in [1.29, 1.82) is 0 Å². The molecule has 6 heteroatoms. The molecule has 0 spiro atoms. The van der Waals surface area contributed by atoms with E-state index in [0.29, 0.717) is 6.04 Å². The summed E-state index contributed by atoms with van der Waals surface area (Å²) in [6.45, 7) is 15.7. The Morgan fingerprint density at radius 3 is 2.23 bits per heavy atom. The average molecular weight is 369 g/mol. The van der Waals surface area contributed by atoms with Gasteiger partial charge in [-0.05, 0) is 80.4 Å². The lowest BCUT2D eigenvalue weighted by Crippen LogP contribution is -2.63. The normalized spacial score (nSPS) is 23.2. The van der Waals surface area contributed by atoms with Crippen LogP contribution in [0, 0.1) is 0 Å². The molecule has 26 heavy (non-hydrogen) atoms. The Hall–Kier alpha value is -0.850. The minimum Gasteiger partial charge on any atom is -0.447 e. The second-order valence-electron chi connectivity index (χ2n) is 9.48. The van der Waals surface area contributed by atoms with E-state index in [2.05, 4.69) is 48.3 Å². The molecule has 2 saturated heterocycles. The molecule has 0 aromatic rings. The van der Waals surface area contributed by atoms with E-state index >= 15 is 0 Å². The second kappa shape index (κ2) is 8.89. The van der Waals surface area contributed by atoms with Gasteiger partial charge < -0.3 is 20.3 Å². The molecule has 2 heterocycles. The SMILES string of the molecule is CC(C)OC(=O)NC1(CNC2CCN(C)CC2)CCN(C(C)(C)C)CC1. The first-order valence-corrected chi connectivity index (χ1v) is 10.3. The van der Waals surface area contributed by atoms with Crippen LogP contribution in [0.4, 0.5) is 4.79 Å². The van der Waals surface area contributed by atoms with Gasteiger partial charge in [-0.1, -0.05) is 0 Å². The van der Waals surface area contributed by atoms with Gasteiger partial charge in [0, 0.05) is 31.2 Å². The zero-order chi connectivity index (χ0) is 19.4. The lowest BCUT2D eigenvalue weighted by atomic mass is 9.85. The predicted octanol–water partition coefficient (Wildman–Crippen LogP) is 2.44. The molecule has 0 aromatic carbocycles. The highest BCUT2D eigenvalue weighted by molar-refractivity contribution is 5.68. The van der Waals surface area contributed by atoms with E-state index in [-0.39, 0.29) is 23.3 Å². The average Bonchev–Trinajstić information content (AvgIpc) is 2.53. The molecule has 0 atom stereocenters. The first-order chi connectivity index (χ1) is 12.1. The summed E-state index contributed by atoms with van der Waals surface area (Å²) in [4.78, 5) is 17.2. The molecule has 1 amide bonds. The van der Waals surface area contributed by atoms with Crippen molar-refractivity contribution in [3.63, 3.8) is 0 Å². The number of alkyl carbamates (subject to hydrolysis) is 1. The van der Waals surface area contributed by atoms with Crippen LogP contribution in [0.3, 0.4) is 0 Å². The Labute approximate surface area is 160 Å². The second-order valence-corrected chi connectivity index (χ2v) is 9.48. The predicted molar refractivity (Wildman–Crippen MR) is 107 cm³/mol. The molecule has 2 aliphatic rings. The Morgan fingerprint density at radius 1 is 1.15 bits per heavy atom. The van der Waals surface area contributed by atoms with Crippen LogP contribution in [-0.2, 0) is 4.74 Å². The van der Waals surface area contributed by atoms with Crippen molar-refractivity contribution in [2.24, 2.45) is 0 Å². The number of nitrogens with zero attached hydrogens (tertiary/aromatic N) is 2. The van der Waals surface area contributed by atoms with E-state index in [9.17, 15) is 4.79 Å². The fourth-order valence-corrected chi connectivity index (χ4v) is 3.96. The minimum absolute atomic E-state index is 0.0939. The molecule has 2 rings (SSSR count). The topological polar surface area (TPSA) is 56.8 Å². The van der Waals surface area contributed by atoms with Crippen molar-refractivity contribution in [1.82, 2.24) is 20.4 Å². The highest BCUT2D eigenvalue weighted by Crippen LogP contribution is 2.27. The standard InChI is InChI=1S/C20H40N4O2/c1-16(2)26-18(25)22-20(9-13-24(14-10-20)19(3,4)5)15-21-17-7-11-23(6)12-8-17/h16-17,21H,7-15H2,1-6H3,(H,22,25). The summed E-state index contributed by atoms with van der Waals surface area (Å²) >= 11 is 0. The first kappa shape index (κ1) is 21.5. The smallest absolute Gasteiger partial charge is 0.407 e. The fourth-order valence-electron chi connectivity index (χ4n) is 3.96. The van der Waals surface area contributed by atoms with Gasteiger partial charge in [-0.3, -0.25) is 4.90 Å². The van der Waals surface area contributed by atoms with Gasteiger partial charge in [-0.25, -0.2) is 4.79 Å². The summed E-state index contributed by atoms with van der Waals surface area (Å²) < 4.78 is 5.38. The van der Waals surface area contributed by atoms with Crippen LogP contribution in [-0.4, -0.2) is 78.9 Å². The summed E-state index contributed by atoms with van der Waals surface area (Å²) in [5.74, 6) is 0. The number of piperidine rings is 2. The molecule has 0 aliphatic carbocycles. The van der Waals surface area contributed by atoms with Gasteiger partial charge >= 0.3 is 6.09 Å². The van der Waals surface area contributed by atoms with Crippen molar-refractivity contribution >= 4 is 6.09 Å². The highest BCUT2D eigenvalue weighted by Gasteiger charge is 2.39. The van der Waals surface area contributed by atoms with E-state index in [1.807, 2.05) is 13.8 Å². The summed E-state index contributed by atoms with van der Waals surface area (Å²) in [7, 11) is 2.18. The van der Waals surface area contributed by atoms with Crippen LogP contribution in [0.1, 0.15) is 60.3 Å². The van der Waals surface area contributed by atoms with Crippen LogP contribution in [0.15, 0.2) is 0 Å². The number of amides is 1. The maximum atomic E-state index is 12.3. The van der Waals surface area contributed by atoms with E-state index < -0.39 is 0 Å². The zero-order valence-electron chi connectivity index (χ0n) is 17.7. The Kier molecular flexibility index (Phi) is 7.34. The van der Waals surface area contributed by atoms with Crippen molar-refractivity contribution in [2.75, 3.05) is 39.8 Å². The van der Waals surface area contributed by atoms with Gasteiger partial charge in [0.25, 0.3) is 0 Å². The number of carbonyl (C=O) groups is 1. The molecule has 6 nitrogen and oxygen atoms in total. The number of carbonyl (C=O) groups excluding carboxylic acids is 1. The van der Waals surface area contributed by atoms with Crippen molar-refractivity contribution in [3.8, 4) is 0 Å². The van der Waals surface area contributed by atoms with Gasteiger partial charge in [-0.2, -0.15) is 0 Å². The summed E-state index contributed by atoms with van der Waals surface area (Å²) in [5, 5.41) is 6.97. The molecule has 0 aromatic heterocycles. The van der Waals surface area contributed by atoms with Gasteiger partial charge in [-0.15, -0.1) is 0 Å². The Morgan fingerprint density at radius 2 is 1.73 bits per heavy atom. The third-order valence-electron chi connectivity index (χ3n) is 5.83. The molecule has 0 unspecified atom stereocenters. The monoisotopic (exact) mass is 368 g/mol. The first-order valence-electron chi connectivity index (χ1n) is 10.3. The summed E-state index contributed by atoms with van der Waals surface area (Å²) in [5.41, 5.74) is -0.0386. The summed E-state index contributed by atoms with van der Waals surface area (Å²) in [6.07, 6.45) is 3.89. The highest BCUT2D eigenvalue weighted by atomic mass is 16.6. The minimum atomic E-state index is -0.283. The largest absolute Gasteiger partial charge is 0.447 e. The number of hydrogen-bond acceptors (Lipinski definition) is 5. The van der Waals surface area contributed by atoms with Crippen LogP contribution in [0.5, 0.6) is 0 Å². The third kappa shape index (κ3) is 6.39. The van der Waals surface area contributed by atoms with Gasteiger partial charge in [0.2, 0.25) is 0 Å². The van der Waals surface area contributed by atoms with Crippen LogP contribution >= 0.6 is 0 Å². The molecular formula is C20H40N4O2. The molecule has 2 fully saturated rings. The number of rotatable bonds is 5. The van der Waals surface area contributed by atoms with Gasteiger partial charge in [0.1, 0.15) is 0 Å². The van der Waals surface area contributed by atoms with E-state index in [1.165, 1.54) is 12.8 Å². The lowest BCUT2D eigenvalue weighted by Gasteiger charge is -2.47. The van der Waals surface area contributed by atoms with E-state index in [0.717, 1.165) is 45.6 Å². The molecule has 0 bridgehead atoms. The van der Waals surface area contributed by atoms with E-state index in [4.69, 9.17) is 4.74 Å². The Balaban J connectivity index is 1.96. The van der Waals surface area contributed by atoms with Crippen molar-refractivity contribution in [3.05, 3.63) is 0 Å². The number of hydrogen-bond donors (Lipinski definition) is 2. The molecule has 2 aliphatic heterocycles. The fraction of sp³-hybridized carbons (Fsp3) is 0.950. The zero-order valence-corrected chi connectivity index (χ0v) is 17.7. The maximum absolute atomic E-state index is 12.3. The molecule has 0 radical (unpaired) electrons. The molecule has 0 saturated carbocycles. The van der Waals surface area contributed by atoms with Gasteiger partial charge in [0.05, 0.1) is 11.6 Å². The number of nitrogens with one attached hydrogen (secondary N) is 2. The quantitative estimate of drug-likeness (QED) is 0.781.